The molecule has 0 spiro atoms. The fraction of sp³-hybridized carbons (Fsp3) is 0.588. The molecule has 2 aromatic rings. The molecule has 5 nitrogen and oxygen atoms in total. The smallest absolute Gasteiger partial charge is 0.264 e. The second kappa shape index (κ2) is 6.43. The fourth-order valence-corrected chi connectivity index (χ4v) is 4.57. The van der Waals surface area contributed by atoms with Crippen molar-refractivity contribution >= 4 is 27.5 Å². The van der Waals surface area contributed by atoms with Crippen LogP contribution in [0.4, 0.5) is 0 Å². The van der Waals surface area contributed by atoms with E-state index in [-0.39, 0.29) is 5.91 Å². The van der Waals surface area contributed by atoms with E-state index in [1.54, 1.807) is 0 Å². The Hall–Kier alpha value is -1.69. The van der Waals surface area contributed by atoms with Gasteiger partial charge in [-0.1, -0.05) is 13.8 Å². The van der Waals surface area contributed by atoms with E-state index in [2.05, 4.69) is 23.8 Å². The minimum absolute atomic E-state index is 0.117. The molecule has 1 aliphatic heterocycles. The summed E-state index contributed by atoms with van der Waals surface area (Å²) in [5.74, 6) is 1.80. The van der Waals surface area contributed by atoms with Crippen molar-refractivity contribution in [3.8, 4) is 5.88 Å². The first kappa shape index (κ1) is 16.2. The van der Waals surface area contributed by atoms with Crippen LogP contribution in [0, 0.1) is 18.8 Å². The molecule has 1 aliphatic rings. The molecule has 0 saturated carbocycles. The third kappa shape index (κ3) is 3.04. The van der Waals surface area contributed by atoms with Crippen molar-refractivity contribution in [2.24, 2.45) is 11.8 Å². The Morgan fingerprint density at radius 2 is 2.04 bits per heavy atom. The second-order valence-corrected chi connectivity index (χ2v) is 7.50. The molecule has 2 aromatic heterocycles. The molecule has 0 N–H and O–H groups in total. The van der Waals surface area contributed by atoms with E-state index in [1.807, 2.05) is 18.7 Å². The summed E-state index contributed by atoms with van der Waals surface area (Å²) in [6.07, 6.45) is 2.69. The van der Waals surface area contributed by atoms with Gasteiger partial charge in [-0.15, -0.1) is 11.3 Å². The molecule has 2 atom stereocenters. The Labute approximate surface area is 140 Å². The van der Waals surface area contributed by atoms with Crippen molar-refractivity contribution in [3.63, 3.8) is 0 Å². The predicted molar refractivity (Wildman–Crippen MR) is 92.2 cm³/mol. The standard InChI is InChI=1S/C17H23N3O2S/c1-5-22-15-13-12(4)14(23-16(13)19-9-18-15)17(21)20-7-10(2)6-11(3)8-20/h9-11H,5-8H2,1-4H3. The van der Waals surface area contributed by atoms with Crippen LogP contribution in [0.25, 0.3) is 10.2 Å². The lowest BCUT2D eigenvalue weighted by atomic mass is 9.92. The summed E-state index contributed by atoms with van der Waals surface area (Å²) in [6, 6.07) is 0. The highest BCUT2D eigenvalue weighted by Gasteiger charge is 2.29. The normalized spacial score (nSPS) is 21.7. The molecule has 0 radical (unpaired) electrons. The quantitative estimate of drug-likeness (QED) is 0.862. The second-order valence-electron chi connectivity index (χ2n) is 6.50. The molecular weight excluding hydrogens is 310 g/mol. The van der Waals surface area contributed by atoms with Gasteiger partial charge in [0.2, 0.25) is 5.88 Å². The Balaban J connectivity index is 1.98. The molecule has 3 rings (SSSR count). The van der Waals surface area contributed by atoms with Gasteiger partial charge in [0.1, 0.15) is 11.2 Å². The maximum atomic E-state index is 13.0. The Morgan fingerprint density at radius 1 is 1.35 bits per heavy atom. The fourth-order valence-electron chi connectivity index (χ4n) is 3.46. The molecule has 1 saturated heterocycles. The number of aromatic nitrogens is 2. The average Bonchev–Trinajstić information content (AvgIpc) is 2.84. The maximum absolute atomic E-state index is 13.0. The number of piperidine rings is 1. The van der Waals surface area contributed by atoms with E-state index >= 15 is 0 Å². The molecule has 23 heavy (non-hydrogen) atoms. The zero-order chi connectivity index (χ0) is 16.6. The first-order chi connectivity index (χ1) is 11.0. The largest absolute Gasteiger partial charge is 0.477 e. The minimum Gasteiger partial charge on any atom is -0.477 e. The summed E-state index contributed by atoms with van der Waals surface area (Å²) in [5.41, 5.74) is 0.935. The van der Waals surface area contributed by atoms with E-state index in [0.717, 1.165) is 33.7 Å². The number of hydrogen-bond donors (Lipinski definition) is 0. The zero-order valence-corrected chi connectivity index (χ0v) is 14.9. The molecule has 124 valence electrons. The van der Waals surface area contributed by atoms with Crippen LogP contribution in [-0.2, 0) is 0 Å². The molecule has 0 aliphatic carbocycles. The predicted octanol–water partition coefficient (Wildman–Crippen LogP) is 3.52. The number of likely N-dealkylation sites (tertiary alicyclic amines) is 1. The SMILES string of the molecule is CCOc1ncnc2sc(C(=O)N3CC(C)CC(C)C3)c(C)c12. The van der Waals surface area contributed by atoms with Crippen LogP contribution in [0.2, 0.25) is 0 Å². The van der Waals surface area contributed by atoms with E-state index in [1.165, 1.54) is 24.1 Å². The number of amides is 1. The number of ether oxygens (including phenoxy) is 1. The summed E-state index contributed by atoms with van der Waals surface area (Å²) in [4.78, 5) is 25.1. The summed E-state index contributed by atoms with van der Waals surface area (Å²) >= 11 is 1.45. The average molecular weight is 333 g/mol. The van der Waals surface area contributed by atoms with Crippen molar-refractivity contribution in [1.29, 1.82) is 0 Å². The van der Waals surface area contributed by atoms with Gasteiger partial charge in [-0.25, -0.2) is 9.97 Å². The Kier molecular flexibility index (Phi) is 4.53. The molecule has 1 fully saturated rings. The number of hydrogen-bond acceptors (Lipinski definition) is 5. The van der Waals surface area contributed by atoms with Gasteiger partial charge >= 0.3 is 0 Å². The number of rotatable bonds is 3. The topological polar surface area (TPSA) is 55.3 Å². The van der Waals surface area contributed by atoms with Gasteiger partial charge in [-0.3, -0.25) is 4.79 Å². The molecule has 0 bridgehead atoms. The molecule has 0 aromatic carbocycles. The van der Waals surface area contributed by atoms with Gasteiger partial charge in [-0.2, -0.15) is 0 Å². The van der Waals surface area contributed by atoms with Gasteiger partial charge in [0.25, 0.3) is 5.91 Å². The van der Waals surface area contributed by atoms with Gasteiger partial charge in [0, 0.05) is 13.1 Å². The Bertz CT molecular complexity index is 718. The Morgan fingerprint density at radius 3 is 2.70 bits per heavy atom. The monoisotopic (exact) mass is 333 g/mol. The highest BCUT2D eigenvalue weighted by molar-refractivity contribution is 7.20. The van der Waals surface area contributed by atoms with Gasteiger partial charge in [-0.05, 0) is 37.7 Å². The van der Waals surface area contributed by atoms with Gasteiger partial charge < -0.3 is 9.64 Å². The third-order valence-corrected chi connectivity index (χ3v) is 5.51. The molecular formula is C17H23N3O2S. The minimum atomic E-state index is 0.117. The number of carbonyl (C=O) groups excluding carboxylic acids is 1. The third-order valence-electron chi connectivity index (χ3n) is 4.32. The van der Waals surface area contributed by atoms with Crippen molar-refractivity contribution < 1.29 is 9.53 Å². The van der Waals surface area contributed by atoms with Gasteiger partial charge in [0.15, 0.2) is 0 Å². The number of carbonyl (C=O) groups is 1. The molecule has 6 heteroatoms. The molecule has 3 heterocycles. The van der Waals surface area contributed by atoms with Crippen molar-refractivity contribution in [2.45, 2.75) is 34.1 Å². The number of aryl methyl sites for hydroxylation is 1. The summed E-state index contributed by atoms with van der Waals surface area (Å²) < 4.78 is 5.60. The zero-order valence-electron chi connectivity index (χ0n) is 14.1. The molecule has 2 unspecified atom stereocenters. The molecule has 1 amide bonds. The highest BCUT2D eigenvalue weighted by atomic mass is 32.1. The van der Waals surface area contributed by atoms with Crippen LogP contribution in [0.15, 0.2) is 6.33 Å². The first-order valence-corrected chi connectivity index (χ1v) is 8.99. The number of nitrogens with zero attached hydrogens (tertiary/aromatic N) is 3. The van der Waals surface area contributed by atoms with Crippen LogP contribution in [0.5, 0.6) is 5.88 Å². The van der Waals surface area contributed by atoms with E-state index in [0.29, 0.717) is 24.3 Å². The lowest BCUT2D eigenvalue weighted by molar-refractivity contribution is 0.0627. The van der Waals surface area contributed by atoms with E-state index in [9.17, 15) is 4.79 Å². The van der Waals surface area contributed by atoms with Crippen LogP contribution >= 0.6 is 11.3 Å². The van der Waals surface area contributed by atoms with Gasteiger partial charge in [0.05, 0.1) is 16.9 Å². The van der Waals surface area contributed by atoms with Crippen LogP contribution < -0.4 is 4.74 Å². The maximum Gasteiger partial charge on any atom is 0.264 e. The van der Waals surface area contributed by atoms with E-state index < -0.39 is 0 Å². The van der Waals surface area contributed by atoms with Crippen LogP contribution in [0.1, 0.15) is 42.4 Å². The van der Waals surface area contributed by atoms with Crippen LogP contribution in [0.3, 0.4) is 0 Å². The highest BCUT2D eigenvalue weighted by Crippen LogP contribution is 2.35. The summed E-state index contributed by atoms with van der Waals surface area (Å²) in [6.45, 7) is 10.5. The number of fused-ring (bicyclic) bond motifs is 1. The van der Waals surface area contributed by atoms with Crippen molar-refractivity contribution in [2.75, 3.05) is 19.7 Å². The lowest BCUT2D eigenvalue weighted by Crippen LogP contribution is -2.42. The van der Waals surface area contributed by atoms with Crippen LogP contribution in [-0.4, -0.2) is 40.5 Å². The number of thiophene rings is 1. The summed E-state index contributed by atoms with van der Waals surface area (Å²) in [5, 5.41) is 0.876. The first-order valence-electron chi connectivity index (χ1n) is 8.17. The lowest BCUT2D eigenvalue weighted by Gasteiger charge is -2.34. The summed E-state index contributed by atoms with van der Waals surface area (Å²) in [7, 11) is 0. The van der Waals surface area contributed by atoms with Crippen molar-refractivity contribution in [3.05, 3.63) is 16.8 Å². The van der Waals surface area contributed by atoms with Crippen molar-refractivity contribution in [1.82, 2.24) is 14.9 Å². The van der Waals surface area contributed by atoms with E-state index in [4.69, 9.17) is 4.74 Å².